The van der Waals surface area contributed by atoms with Gasteiger partial charge in [-0.15, -0.1) is 11.3 Å². The Kier molecular flexibility index (Phi) is 5.18. The van der Waals surface area contributed by atoms with Gasteiger partial charge in [-0.05, 0) is 35.7 Å². The molecule has 0 fully saturated rings. The summed E-state index contributed by atoms with van der Waals surface area (Å²) in [7, 11) is 0. The molecular formula is C20H15ClN2O4S. The zero-order valence-electron chi connectivity index (χ0n) is 14.5. The molecule has 0 bridgehead atoms. The number of halogens is 1. The smallest absolute Gasteiger partial charge is 0.262 e. The van der Waals surface area contributed by atoms with Crippen LogP contribution in [0.4, 0.5) is 11.4 Å². The number of rotatable bonds is 5. The van der Waals surface area contributed by atoms with Crippen molar-refractivity contribution in [2.75, 3.05) is 17.2 Å². The first-order valence-corrected chi connectivity index (χ1v) is 9.67. The van der Waals surface area contributed by atoms with E-state index in [-0.39, 0.29) is 18.4 Å². The van der Waals surface area contributed by atoms with Crippen molar-refractivity contribution in [3.05, 3.63) is 69.4 Å². The molecule has 3 aromatic rings. The van der Waals surface area contributed by atoms with Gasteiger partial charge in [0.15, 0.2) is 6.61 Å². The molecule has 142 valence electrons. The van der Waals surface area contributed by atoms with Gasteiger partial charge in [-0.3, -0.25) is 9.59 Å². The highest BCUT2D eigenvalue weighted by atomic mass is 35.5. The fourth-order valence-corrected chi connectivity index (χ4v) is 3.49. The fraction of sp³-hybridized carbons (Fsp3) is 0.100. The maximum atomic E-state index is 12.6. The Morgan fingerprint density at radius 2 is 2.14 bits per heavy atom. The van der Waals surface area contributed by atoms with Crippen molar-refractivity contribution in [1.82, 2.24) is 0 Å². The molecule has 2 N–H and O–H groups in total. The van der Waals surface area contributed by atoms with Crippen LogP contribution in [0.25, 0.3) is 0 Å². The van der Waals surface area contributed by atoms with Crippen LogP contribution in [-0.2, 0) is 11.4 Å². The van der Waals surface area contributed by atoms with Crippen LogP contribution in [-0.4, -0.2) is 18.4 Å². The zero-order chi connectivity index (χ0) is 19.5. The lowest BCUT2D eigenvalue weighted by atomic mass is 10.2. The van der Waals surface area contributed by atoms with Crippen molar-refractivity contribution in [3.8, 4) is 11.5 Å². The van der Waals surface area contributed by atoms with Crippen LogP contribution in [0.5, 0.6) is 11.5 Å². The summed E-state index contributed by atoms with van der Waals surface area (Å²) in [5.41, 5.74) is 1.31. The fourth-order valence-electron chi connectivity index (χ4n) is 2.67. The summed E-state index contributed by atoms with van der Waals surface area (Å²) in [6.07, 6.45) is 0. The Labute approximate surface area is 170 Å². The second-order valence-corrected chi connectivity index (χ2v) is 7.45. The first kappa shape index (κ1) is 18.3. The topological polar surface area (TPSA) is 76.7 Å². The molecule has 0 saturated heterocycles. The van der Waals surface area contributed by atoms with Crippen molar-refractivity contribution >= 4 is 46.1 Å². The molecule has 0 aliphatic carbocycles. The molecule has 1 aliphatic rings. The van der Waals surface area contributed by atoms with Crippen LogP contribution in [0.2, 0.25) is 5.02 Å². The highest BCUT2D eigenvalue weighted by molar-refractivity contribution is 7.09. The highest BCUT2D eigenvalue weighted by Crippen LogP contribution is 2.36. The van der Waals surface area contributed by atoms with Crippen LogP contribution in [0, 0.1) is 0 Å². The van der Waals surface area contributed by atoms with Gasteiger partial charge in [-0.25, -0.2) is 0 Å². The van der Waals surface area contributed by atoms with Crippen LogP contribution < -0.4 is 20.1 Å². The van der Waals surface area contributed by atoms with Gasteiger partial charge >= 0.3 is 0 Å². The van der Waals surface area contributed by atoms with Gasteiger partial charge in [0.1, 0.15) is 18.1 Å². The minimum Gasteiger partial charge on any atom is -0.488 e. The first-order valence-electron chi connectivity index (χ1n) is 8.41. The lowest BCUT2D eigenvalue weighted by Crippen LogP contribution is -2.25. The van der Waals surface area contributed by atoms with Gasteiger partial charge < -0.3 is 20.1 Å². The molecule has 2 amide bonds. The number of fused-ring (bicyclic) bond motifs is 1. The van der Waals surface area contributed by atoms with Crippen LogP contribution in [0.1, 0.15) is 15.2 Å². The van der Waals surface area contributed by atoms with Crippen molar-refractivity contribution in [2.45, 2.75) is 6.61 Å². The SMILES string of the molecule is O=C1COc2cc(NC(=O)c3cccc(OCc4cccs4)c3)c(Cl)cc2N1. The molecule has 4 rings (SSSR count). The van der Waals surface area contributed by atoms with E-state index >= 15 is 0 Å². The largest absolute Gasteiger partial charge is 0.488 e. The van der Waals surface area contributed by atoms with Gasteiger partial charge in [0.05, 0.1) is 16.4 Å². The minimum absolute atomic E-state index is 0.0777. The number of carbonyl (C=O) groups excluding carboxylic acids is 2. The highest BCUT2D eigenvalue weighted by Gasteiger charge is 2.19. The van der Waals surface area contributed by atoms with Crippen molar-refractivity contribution < 1.29 is 19.1 Å². The molecule has 8 heteroatoms. The van der Waals surface area contributed by atoms with E-state index < -0.39 is 0 Å². The Balaban J connectivity index is 1.48. The number of thiophene rings is 1. The minimum atomic E-state index is -0.330. The van der Waals surface area contributed by atoms with E-state index in [9.17, 15) is 9.59 Å². The first-order chi connectivity index (χ1) is 13.6. The molecule has 0 unspecified atom stereocenters. The number of hydrogen-bond donors (Lipinski definition) is 2. The van der Waals surface area contributed by atoms with Gasteiger partial charge in [0, 0.05) is 16.5 Å². The molecule has 0 saturated carbocycles. The van der Waals surface area contributed by atoms with Crippen LogP contribution in [0.15, 0.2) is 53.9 Å². The number of anilines is 2. The van der Waals surface area contributed by atoms with E-state index in [1.54, 1.807) is 47.7 Å². The quantitative estimate of drug-likeness (QED) is 0.641. The maximum Gasteiger partial charge on any atom is 0.262 e. The second kappa shape index (κ2) is 7.92. The van der Waals surface area contributed by atoms with Gasteiger partial charge in [0.2, 0.25) is 0 Å². The molecule has 28 heavy (non-hydrogen) atoms. The lowest BCUT2D eigenvalue weighted by molar-refractivity contribution is -0.118. The summed E-state index contributed by atoms with van der Waals surface area (Å²) in [6.45, 7) is 0.369. The van der Waals surface area contributed by atoms with E-state index in [1.807, 2.05) is 17.5 Å². The van der Waals surface area contributed by atoms with E-state index in [2.05, 4.69) is 10.6 Å². The number of benzene rings is 2. The second-order valence-electron chi connectivity index (χ2n) is 6.02. The number of ether oxygens (including phenoxy) is 2. The van der Waals surface area contributed by atoms with Crippen LogP contribution in [0.3, 0.4) is 0 Å². The normalized spacial score (nSPS) is 12.5. The summed E-state index contributed by atoms with van der Waals surface area (Å²) in [5, 5.41) is 7.72. The molecule has 0 spiro atoms. The predicted octanol–water partition coefficient (Wildman–Crippen LogP) is 4.56. The lowest BCUT2D eigenvalue weighted by Gasteiger charge is -2.19. The Bertz CT molecular complexity index is 1040. The van der Waals surface area contributed by atoms with Crippen molar-refractivity contribution in [3.63, 3.8) is 0 Å². The predicted molar refractivity (Wildman–Crippen MR) is 109 cm³/mol. The standard InChI is InChI=1S/C20H15ClN2O4S/c21-15-8-17-18(27-11-19(24)22-17)9-16(15)23-20(25)12-3-1-4-13(7-12)26-10-14-5-2-6-28-14/h1-9H,10-11H2,(H,22,24)(H,23,25). The average Bonchev–Trinajstić information content (AvgIpc) is 3.21. The summed E-state index contributed by atoms with van der Waals surface area (Å²) in [4.78, 5) is 25.1. The number of amides is 2. The summed E-state index contributed by atoms with van der Waals surface area (Å²) >= 11 is 7.84. The third-order valence-electron chi connectivity index (χ3n) is 4.01. The molecule has 1 aliphatic heterocycles. The molecule has 1 aromatic heterocycles. The molecule has 0 radical (unpaired) electrons. The average molecular weight is 415 g/mol. The zero-order valence-corrected chi connectivity index (χ0v) is 16.1. The number of nitrogens with one attached hydrogen (secondary N) is 2. The van der Waals surface area contributed by atoms with Gasteiger partial charge in [0.25, 0.3) is 11.8 Å². The summed E-state index contributed by atoms with van der Waals surface area (Å²) in [6, 6.07) is 14.0. The van der Waals surface area contributed by atoms with E-state index in [4.69, 9.17) is 21.1 Å². The maximum absolute atomic E-state index is 12.6. The van der Waals surface area contributed by atoms with E-state index in [0.29, 0.717) is 40.1 Å². The monoisotopic (exact) mass is 414 g/mol. The van der Waals surface area contributed by atoms with Gasteiger partial charge in [-0.2, -0.15) is 0 Å². The van der Waals surface area contributed by atoms with E-state index in [0.717, 1.165) is 4.88 Å². The van der Waals surface area contributed by atoms with Crippen molar-refractivity contribution in [2.24, 2.45) is 0 Å². The molecule has 6 nitrogen and oxygen atoms in total. The third-order valence-corrected chi connectivity index (χ3v) is 5.17. The molecular weight excluding hydrogens is 400 g/mol. The summed E-state index contributed by atoms with van der Waals surface area (Å²) in [5.74, 6) is 0.471. The molecule has 2 aromatic carbocycles. The molecule has 2 heterocycles. The van der Waals surface area contributed by atoms with E-state index in [1.165, 1.54) is 0 Å². The Morgan fingerprint density at radius 1 is 1.25 bits per heavy atom. The molecule has 0 atom stereocenters. The van der Waals surface area contributed by atoms with Crippen LogP contribution >= 0.6 is 22.9 Å². The van der Waals surface area contributed by atoms with Crippen molar-refractivity contribution in [1.29, 1.82) is 0 Å². The number of carbonyl (C=O) groups is 2. The Hall–Kier alpha value is -3.03. The third kappa shape index (κ3) is 4.11. The van der Waals surface area contributed by atoms with Gasteiger partial charge in [-0.1, -0.05) is 23.7 Å². The summed E-state index contributed by atoms with van der Waals surface area (Å²) < 4.78 is 11.1. The Morgan fingerprint density at radius 3 is 2.96 bits per heavy atom. The number of hydrogen-bond acceptors (Lipinski definition) is 5.